The average Bonchev–Trinajstić information content (AvgIpc) is 2.71. The van der Waals surface area contributed by atoms with Crippen molar-refractivity contribution in [3.8, 4) is 0 Å². The van der Waals surface area contributed by atoms with Crippen molar-refractivity contribution in [3.63, 3.8) is 0 Å². The molecule has 0 aliphatic heterocycles. The topological polar surface area (TPSA) is 13.1 Å². The van der Waals surface area contributed by atoms with Gasteiger partial charge in [-0.25, -0.2) is 0 Å². The first-order valence-electron chi connectivity index (χ1n) is 6.00. The normalized spacial score (nSPS) is 12.4. The number of rotatable bonds is 5. The summed E-state index contributed by atoms with van der Waals surface area (Å²) in [7, 11) is -0.412. The molecule has 1 rings (SSSR count). The molecule has 0 aliphatic carbocycles. The van der Waals surface area contributed by atoms with Gasteiger partial charge in [-0.1, -0.05) is 0 Å². The maximum atomic E-state index is 6.11. The summed E-state index contributed by atoms with van der Waals surface area (Å²) in [4.78, 5) is 0. The van der Waals surface area contributed by atoms with Gasteiger partial charge in [-0.05, 0) is 0 Å². The fourth-order valence-corrected chi connectivity index (χ4v) is 10.1. The van der Waals surface area contributed by atoms with Crippen molar-refractivity contribution in [2.75, 3.05) is 0 Å². The summed E-state index contributed by atoms with van der Waals surface area (Å²) >= 11 is -1.81. The summed E-state index contributed by atoms with van der Waals surface area (Å²) in [6.07, 6.45) is 0. The molecule has 85 valence electrons. The zero-order valence-electron chi connectivity index (χ0n) is 10.7. The predicted molar refractivity (Wildman–Crippen MR) is 72.7 cm³/mol. The fraction of sp³-hybridized carbons (Fsp3) is 0.667. The number of furan rings is 1. The molecule has 0 atom stereocenters. The summed E-state index contributed by atoms with van der Waals surface area (Å²) in [5.74, 6) is 0. The van der Waals surface area contributed by atoms with E-state index in [1.54, 1.807) is 0 Å². The van der Waals surface area contributed by atoms with Crippen LogP contribution in [0.5, 0.6) is 0 Å². The van der Waals surface area contributed by atoms with Gasteiger partial charge in [0.1, 0.15) is 0 Å². The van der Waals surface area contributed by atoms with Gasteiger partial charge in [0.2, 0.25) is 0 Å². The summed E-state index contributed by atoms with van der Waals surface area (Å²) in [6, 6.07) is 4.51. The van der Waals surface area contributed by atoms with E-state index < -0.39 is 22.1 Å². The Balaban J connectivity index is 3.01. The molecule has 0 saturated carbocycles. The van der Waals surface area contributed by atoms with Gasteiger partial charge >= 0.3 is 98.2 Å². The Morgan fingerprint density at radius 3 is 1.93 bits per heavy atom. The van der Waals surface area contributed by atoms with Gasteiger partial charge in [-0.3, -0.25) is 0 Å². The van der Waals surface area contributed by atoms with Crippen LogP contribution in [0.25, 0.3) is 0 Å². The van der Waals surface area contributed by atoms with Crippen molar-refractivity contribution in [3.05, 3.63) is 12.1 Å². The zero-order chi connectivity index (χ0) is 11.5. The van der Waals surface area contributed by atoms with E-state index in [0.29, 0.717) is 0 Å². The molecule has 1 aromatic rings. The average molecular weight is 284 g/mol. The molecule has 0 aromatic carbocycles. The van der Waals surface area contributed by atoms with Crippen LogP contribution in [0.1, 0.15) is 20.8 Å². The van der Waals surface area contributed by atoms with E-state index in [2.05, 4.69) is 46.0 Å². The molecule has 1 radical (unpaired) electrons. The molecule has 1 heterocycles. The van der Waals surface area contributed by atoms with Crippen LogP contribution in [0.2, 0.25) is 28.9 Å². The van der Waals surface area contributed by atoms with Crippen LogP contribution in [0.4, 0.5) is 0 Å². The third kappa shape index (κ3) is 2.59. The standard InChI is InChI=1S/C12H23GeOSi/c1-6-13(7-2,8-3)11-9-10-12(14-11)15(4)5/h9-10H,6-8H2,1-5H3. The molecule has 1 aromatic heterocycles. The van der Waals surface area contributed by atoms with Crippen molar-refractivity contribution < 1.29 is 4.42 Å². The molecule has 3 heteroatoms. The van der Waals surface area contributed by atoms with Crippen LogP contribution in [0.15, 0.2) is 16.5 Å². The van der Waals surface area contributed by atoms with E-state index in [1.807, 2.05) is 0 Å². The Morgan fingerprint density at radius 2 is 1.60 bits per heavy atom. The second kappa shape index (κ2) is 5.39. The van der Waals surface area contributed by atoms with Gasteiger partial charge in [0, 0.05) is 0 Å². The molecule has 0 N–H and O–H groups in total. The Kier molecular flexibility index (Phi) is 4.71. The first-order chi connectivity index (χ1) is 7.09. The molecule has 0 fully saturated rings. The van der Waals surface area contributed by atoms with Crippen LogP contribution in [0, 0.1) is 0 Å². The van der Waals surface area contributed by atoms with Gasteiger partial charge in [0.15, 0.2) is 0 Å². The molecule has 0 unspecified atom stereocenters. The third-order valence-corrected chi connectivity index (χ3v) is 16.2. The monoisotopic (exact) mass is 285 g/mol. The molecule has 0 spiro atoms. The SMILES string of the molecule is C[CH2][Ge]([CH2]C)([CH2]C)[c]1ccc([Si](C)C)o1. The van der Waals surface area contributed by atoms with Crippen LogP contribution in [-0.2, 0) is 0 Å². The van der Waals surface area contributed by atoms with Gasteiger partial charge in [0.05, 0.1) is 0 Å². The molecule has 0 saturated heterocycles. The summed E-state index contributed by atoms with van der Waals surface area (Å²) in [6.45, 7) is 11.6. The van der Waals surface area contributed by atoms with Gasteiger partial charge in [-0.2, -0.15) is 0 Å². The van der Waals surface area contributed by atoms with Crippen molar-refractivity contribution >= 4 is 32.0 Å². The van der Waals surface area contributed by atoms with Crippen molar-refractivity contribution in [2.45, 2.75) is 49.6 Å². The van der Waals surface area contributed by atoms with Crippen LogP contribution < -0.4 is 9.98 Å². The molecular formula is C12H23GeOSi. The minimum atomic E-state index is -1.81. The van der Waals surface area contributed by atoms with E-state index in [0.717, 1.165) is 0 Å². The number of hydrogen-bond acceptors (Lipinski definition) is 1. The Labute approximate surface area is 98.2 Å². The Morgan fingerprint density at radius 1 is 1.07 bits per heavy atom. The molecular weight excluding hydrogens is 261 g/mol. The Hall–Kier alpha value is 0.0397. The van der Waals surface area contributed by atoms with E-state index >= 15 is 0 Å². The summed E-state index contributed by atoms with van der Waals surface area (Å²) in [5, 5.41) is 5.33. The first-order valence-corrected chi connectivity index (χ1v) is 14.0. The zero-order valence-corrected chi connectivity index (χ0v) is 13.8. The fourth-order valence-electron chi connectivity index (χ4n) is 2.16. The minimum absolute atomic E-state index is 0.412. The molecule has 1 nitrogen and oxygen atoms in total. The summed E-state index contributed by atoms with van der Waals surface area (Å²) in [5.41, 5.74) is 0. The first kappa shape index (κ1) is 13.1. The van der Waals surface area contributed by atoms with E-state index in [4.69, 9.17) is 4.42 Å². The predicted octanol–water partition coefficient (Wildman–Crippen LogP) is 2.96. The molecule has 0 bridgehead atoms. The molecule has 15 heavy (non-hydrogen) atoms. The van der Waals surface area contributed by atoms with E-state index in [9.17, 15) is 0 Å². The van der Waals surface area contributed by atoms with E-state index in [-0.39, 0.29) is 0 Å². The third-order valence-electron chi connectivity index (χ3n) is 3.65. The number of hydrogen-bond donors (Lipinski definition) is 0. The second-order valence-corrected chi connectivity index (χ2v) is 17.9. The van der Waals surface area contributed by atoms with Gasteiger partial charge < -0.3 is 0 Å². The maximum absolute atomic E-state index is 6.11. The van der Waals surface area contributed by atoms with Crippen LogP contribution in [-0.4, -0.2) is 22.1 Å². The van der Waals surface area contributed by atoms with E-state index in [1.165, 1.54) is 25.7 Å². The quantitative estimate of drug-likeness (QED) is 0.758. The molecule has 0 aliphatic rings. The summed E-state index contributed by atoms with van der Waals surface area (Å²) < 4.78 is 7.50. The Bertz CT molecular complexity index is 294. The van der Waals surface area contributed by atoms with Crippen molar-refractivity contribution in [1.29, 1.82) is 0 Å². The van der Waals surface area contributed by atoms with Crippen LogP contribution in [0.3, 0.4) is 0 Å². The van der Waals surface area contributed by atoms with Gasteiger partial charge in [0.25, 0.3) is 0 Å². The second-order valence-electron chi connectivity index (χ2n) is 4.50. The van der Waals surface area contributed by atoms with Gasteiger partial charge in [-0.15, -0.1) is 0 Å². The van der Waals surface area contributed by atoms with Crippen molar-refractivity contribution in [2.24, 2.45) is 0 Å². The molecule has 0 amide bonds. The van der Waals surface area contributed by atoms with Crippen molar-refractivity contribution in [1.82, 2.24) is 0 Å². The van der Waals surface area contributed by atoms with Crippen LogP contribution >= 0.6 is 0 Å².